The molecule has 3 nitrogen and oxygen atoms in total. The number of halogens is 2. The van der Waals surface area contributed by atoms with Crippen LogP contribution < -0.4 is 10.6 Å². The molecule has 116 valence electrons. The van der Waals surface area contributed by atoms with Gasteiger partial charge in [0.25, 0.3) is 0 Å². The van der Waals surface area contributed by atoms with Crippen molar-refractivity contribution in [3.8, 4) is 0 Å². The van der Waals surface area contributed by atoms with Crippen LogP contribution in [-0.2, 0) is 4.79 Å². The minimum Gasteiger partial charge on any atom is -0.325 e. The molecule has 0 fully saturated rings. The fraction of sp³-hybridized carbons (Fsp3) is 0.235. The summed E-state index contributed by atoms with van der Waals surface area (Å²) < 4.78 is 0.994. The first kappa shape index (κ1) is 17.0. The van der Waals surface area contributed by atoms with Crippen molar-refractivity contribution in [1.82, 2.24) is 5.32 Å². The topological polar surface area (TPSA) is 41.1 Å². The summed E-state index contributed by atoms with van der Waals surface area (Å²) in [6, 6.07) is 13.4. The third kappa shape index (κ3) is 4.57. The summed E-state index contributed by atoms with van der Waals surface area (Å²) in [4.78, 5) is 12.1. The standard InChI is InChI=1S/C17H18BrClN2O/c1-11-9-13(18)7-8-16(11)21-17(22)10-20-12(2)14-5-3-4-6-15(14)19/h3-9,12,20H,10H2,1-2H3,(H,21,22)/t12-/m0/s1. The number of hydrogen-bond donors (Lipinski definition) is 2. The Kier molecular flexibility index (Phi) is 6.00. The van der Waals surface area contributed by atoms with Gasteiger partial charge < -0.3 is 10.6 Å². The number of rotatable bonds is 5. The summed E-state index contributed by atoms with van der Waals surface area (Å²) in [6.45, 7) is 4.17. The molecule has 2 aromatic rings. The molecule has 2 rings (SSSR count). The normalized spacial score (nSPS) is 12.0. The van der Waals surface area contributed by atoms with E-state index in [1.807, 2.05) is 56.3 Å². The third-order valence-electron chi connectivity index (χ3n) is 3.40. The first-order chi connectivity index (χ1) is 10.5. The van der Waals surface area contributed by atoms with Crippen LogP contribution in [0, 0.1) is 6.92 Å². The van der Waals surface area contributed by atoms with Gasteiger partial charge in [0, 0.05) is 21.2 Å². The fourth-order valence-electron chi connectivity index (χ4n) is 2.14. The van der Waals surface area contributed by atoms with Crippen molar-refractivity contribution in [3.05, 3.63) is 63.1 Å². The highest BCUT2D eigenvalue weighted by Gasteiger charge is 2.11. The minimum atomic E-state index is -0.0793. The molecule has 2 aromatic carbocycles. The van der Waals surface area contributed by atoms with Crippen molar-refractivity contribution in [2.75, 3.05) is 11.9 Å². The second-order valence-corrected chi connectivity index (χ2v) is 6.45. The zero-order valence-corrected chi connectivity index (χ0v) is 14.8. The molecular weight excluding hydrogens is 364 g/mol. The molecule has 0 radical (unpaired) electrons. The average Bonchev–Trinajstić information content (AvgIpc) is 2.48. The van der Waals surface area contributed by atoms with Crippen LogP contribution in [-0.4, -0.2) is 12.5 Å². The van der Waals surface area contributed by atoms with Crippen molar-refractivity contribution in [2.45, 2.75) is 19.9 Å². The summed E-state index contributed by atoms with van der Waals surface area (Å²) in [6.07, 6.45) is 0. The summed E-state index contributed by atoms with van der Waals surface area (Å²) in [7, 11) is 0. The molecule has 22 heavy (non-hydrogen) atoms. The monoisotopic (exact) mass is 380 g/mol. The van der Waals surface area contributed by atoms with Gasteiger partial charge in [-0.3, -0.25) is 4.79 Å². The largest absolute Gasteiger partial charge is 0.325 e. The van der Waals surface area contributed by atoms with Gasteiger partial charge in [-0.15, -0.1) is 0 Å². The summed E-state index contributed by atoms with van der Waals surface area (Å²) in [5.74, 6) is -0.0793. The smallest absolute Gasteiger partial charge is 0.238 e. The lowest BCUT2D eigenvalue weighted by molar-refractivity contribution is -0.115. The van der Waals surface area contributed by atoms with Gasteiger partial charge >= 0.3 is 0 Å². The van der Waals surface area contributed by atoms with E-state index in [2.05, 4.69) is 26.6 Å². The van der Waals surface area contributed by atoms with E-state index in [0.717, 1.165) is 21.3 Å². The number of carbonyl (C=O) groups is 1. The number of benzene rings is 2. The molecule has 2 N–H and O–H groups in total. The minimum absolute atomic E-state index is 0.00506. The lowest BCUT2D eigenvalue weighted by Gasteiger charge is -2.16. The Labute approximate surface area is 144 Å². The first-order valence-electron chi connectivity index (χ1n) is 7.01. The van der Waals surface area contributed by atoms with Gasteiger partial charge in [0.15, 0.2) is 0 Å². The number of anilines is 1. The zero-order chi connectivity index (χ0) is 16.1. The number of aryl methyl sites for hydroxylation is 1. The van der Waals surface area contributed by atoms with E-state index >= 15 is 0 Å². The maximum absolute atomic E-state index is 12.1. The molecule has 0 heterocycles. The molecule has 0 aliphatic rings. The van der Waals surface area contributed by atoms with Crippen molar-refractivity contribution >= 4 is 39.1 Å². The number of carbonyl (C=O) groups excluding carboxylic acids is 1. The van der Waals surface area contributed by atoms with Crippen molar-refractivity contribution in [3.63, 3.8) is 0 Å². The molecule has 0 aromatic heterocycles. The van der Waals surface area contributed by atoms with E-state index in [1.54, 1.807) is 0 Å². The predicted octanol–water partition coefficient (Wildman–Crippen LogP) is 4.70. The van der Waals surface area contributed by atoms with E-state index in [4.69, 9.17) is 11.6 Å². The maximum Gasteiger partial charge on any atom is 0.238 e. The van der Waals surface area contributed by atoms with Gasteiger partial charge in [0.1, 0.15) is 0 Å². The molecule has 0 saturated heterocycles. The SMILES string of the molecule is Cc1cc(Br)ccc1NC(=O)CN[C@@H](C)c1ccccc1Cl. The maximum atomic E-state index is 12.1. The molecule has 1 atom stereocenters. The Hall–Kier alpha value is -1.36. The molecule has 0 spiro atoms. The number of amides is 1. The van der Waals surface area contributed by atoms with Crippen LogP contribution in [0.25, 0.3) is 0 Å². The summed E-state index contributed by atoms with van der Waals surface area (Å²) in [5.41, 5.74) is 2.82. The van der Waals surface area contributed by atoms with Crippen molar-refractivity contribution in [1.29, 1.82) is 0 Å². The highest BCUT2D eigenvalue weighted by atomic mass is 79.9. The van der Waals surface area contributed by atoms with Gasteiger partial charge in [-0.2, -0.15) is 0 Å². The number of hydrogen-bond acceptors (Lipinski definition) is 2. The van der Waals surface area contributed by atoms with Crippen LogP contribution in [0.15, 0.2) is 46.9 Å². The van der Waals surface area contributed by atoms with E-state index in [-0.39, 0.29) is 18.5 Å². The summed E-state index contributed by atoms with van der Waals surface area (Å²) >= 11 is 9.56. The van der Waals surface area contributed by atoms with Gasteiger partial charge in [0.05, 0.1) is 6.54 Å². The summed E-state index contributed by atoms with van der Waals surface area (Å²) in [5, 5.41) is 6.79. The Morgan fingerprint density at radius 1 is 1.27 bits per heavy atom. The molecule has 5 heteroatoms. The van der Waals surface area contributed by atoms with E-state index in [0.29, 0.717) is 5.02 Å². The molecule has 0 bridgehead atoms. The Morgan fingerprint density at radius 3 is 2.68 bits per heavy atom. The van der Waals surface area contributed by atoms with Crippen molar-refractivity contribution in [2.24, 2.45) is 0 Å². The predicted molar refractivity (Wildman–Crippen MR) is 95.4 cm³/mol. The van der Waals surface area contributed by atoms with E-state index in [9.17, 15) is 4.79 Å². The highest BCUT2D eigenvalue weighted by Crippen LogP contribution is 2.22. The third-order valence-corrected chi connectivity index (χ3v) is 4.24. The Bertz CT molecular complexity index is 675. The molecule has 0 saturated carbocycles. The van der Waals surface area contributed by atoms with Crippen LogP contribution in [0.2, 0.25) is 5.02 Å². The van der Waals surface area contributed by atoms with Crippen LogP contribution in [0.1, 0.15) is 24.1 Å². The van der Waals surface area contributed by atoms with Gasteiger partial charge in [-0.1, -0.05) is 45.7 Å². The molecule has 0 aliphatic carbocycles. The lowest BCUT2D eigenvalue weighted by atomic mass is 10.1. The first-order valence-corrected chi connectivity index (χ1v) is 8.18. The van der Waals surface area contributed by atoms with Crippen LogP contribution in [0.4, 0.5) is 5.69 Å². The number of nitrogens with one attached hydrogen (secondary N) is 2. The fourth-order valence-corrected chi connectivity index (χ4v) is 2.92. The van der Waals surface area contributed by atoms with Crippen LogP contribution in [0.5, 0.6) is 0 Å². The lowest BCUT2D eigenvalue weighted by Crippen LogP contribution is -2.30. The molecule has 0 aliphatic heterocycles. The van der Waals surface area contributed by atoms with Gasteiger partial charge in [-0.05, 0) is 49.2 Å². The second-order valence-electron chi connectivity index (χ2n) is 5.13. The molecule has 1 amide bonds. The zero-order valence-electron chi connectivity index (χ0n) is 12.5. The molecule has 0 unspecified atom stereocenters. The van der Waals surface area contributed by atoms with Gasteiger partial charge in [-0.25, -0.2) is 0 Å². The second kappa shape index (κ2) is 7.77. The van der Waals surface area contributed by atoms with Gasteiger partial charge in [0.2, 0.25) is 5.91 Å². The quantitative estimate of drug-likeness (QED) is 0.788. The highest BCUT2D eigenvalue weighted by molar-refractivity contribution is 9.10. The Morgan fingerprint density at radius 2 is 2.00 bits per heavy atom. The molecular formula is C17H18BrClN2O. The van der Waals surface area contributed by atoms with Crippen LogP contribution >= 0.6 is 27.5 Å². The van der Waals surface area contributed by atoms with Crippen molar-refractivity contribution < 1.29 is 4.79 Å². The van der Waals surface area contributed by atoms with E-state index < -0.39 is 0 Å². The van der Waals surface area contributed by atoms with E-state index in [1.165, 1.54) is 0 Å². The Balaban J connectivity index is 1.91. The van der Waals surface area contributed by atoms with Crippen LogP contribution in [0.3, 0.4) is 0 Å². The average molecular weight is 382 g/mol.